The van der Waals surface area contributed by atoms with Crippen molar-refractivity contribution in [2.45, 2.75) is 6.92 Å². The van der Waals surface area contributed by atoms with Crippen LogP contribution in [-0.4, -0.2) is 20.9 Å². The van der Waals surface area contributed by atoms with E-state index in [9.17, 15) is 25.0 Å². The van der Waals surface area contributed by atoms with Crippen molar-refractivity contribution in [3.8, 4) is 0 Å². The molecule has 9 nitrogen and oxygen atoms in total. The topological polar surface area (TPSA) is 127 Å². The molecule has 0 aliphatic heterocycles. The van der Waals surface area contributed by atoms with Crippen LogP contribution in [0.2, 0.25) is 0 Å². The molecule has 0 aliphatic rings. The van der Waals surface area contributed by atoms with E-state index in [0.717, 1.165) is 0 Å². The molecule has 0 fully saturated rings. The highest BCUT2D eigenvalue weighted by Crippen LogP contribution is 2.21. The number of thiocarbonyl (C=S) groups is 1. The van der Waals surface area contributed by atoms with Crippen molar-refractivity contribution in [3.05, 3.63) is 79.9 Å². The molecule has 0 unspecified atom stereocenters. The highest BCUT2D eigenvalue weighted by molar-refractivity contribution is 7.80. The average molecular weight is 386 g/mol. The molecule has 138 valence electrons. The molecule has 2 N–H and O–H groups in total. The number of aryl methyl sites for hydroxylation is 1. The SMILES string of the molecule is Cc1cc([N+](=O)[O-])ccc1NC(=S)NC(=O)/C=C/c1ccc([N+](=O)[O-])cc1. The first-order valence-electron chi connectivity index (χ1n) is 7.56. The van der Waals surface area contributed by atoms with Gasteiger partial charge in [0.05, 0.1) is 9.85 Å². The summed E-state index contributed by atoms with van der Waals surface area (Å²) < 4.78 is 0. The molecule has 0 heterocycles. The van der Waals surface area contributed by atoms with Gasteiger partial charge in [-0.05, 0) is 54.5 Å². The summed E-state index contributed by atoms with van der Waals surface area (Å²) in [4.78, 5) is 32.2. The van der Waals surface area contributed by atoms with Gasteiger partial charge < -0.3 is 5.32 Å². The number of hydrogen-bond donors (Lipinski definition) is 2. The minimum absolute atomic E-state index is 0.0327. The van der Waals surface area contributed by atoms with E-state index in [1.54, 1.807) is 6.92 Å². The molecule has 1 amide bonds. The van der Waals surface area contributed by atoms with E-state index in [4.69, 9.17) is 12.2 Å². The molecule has 0 atom stereocenters. The monoisotopic (exact) mass is 386 g/mol. The van der Waals surface area contributed by atoms with Crippen LogP contribution in [0.3, 0.4) is 0 Å². The van der Waals surface area contributed by atoms with Gasteiger partial charge in [0.1, 0.15) is 0 Å². The highest BCUT2D eigenvalue weighted by atomic mass is 32.1. The third kappa shape index (κ3) is 5.68. The first kappa shape index (κ1) is 19.7. The third-order valence-corrected chi connectivity index (χ3v) is 3.64. The maximum absolute atomic E-state index is 11.9. The van der Waals surface area contributed by atoms with Crippen LogP contribution in [0.1, 0.15) is 11.1 Å². The maximum Gasteiger partial charge on any atom is 0.269 e. The second-order valence-corrected chi connectivity index (χ2v) is 5.79. The predicted octanol–water partition coefficient (Wildman–Crippen LogP) is 3.34. The van der Waals surface area contributed by atoms with Crippen LogP contribution in [0.15, 0.2) is 48.5 Å². The highest BCUT2D eigenvalue weighted by Gasteiger charge is 2.09. The van der Waals surface area contributed by atoms with Crippen LogP contribution in [0.25, 0.3) is 6.08 Å². The smallest absolute Gasteiger partial charge is 0.269 e. The minimum Gasteiger partial charge on any atom is -0.332 e. The van der Waals surface area contributed by atoms with E-state index >= 15 is 0 Å². The van der Waals surface area contributed by atoms with Crippen molar-refractivity contribution >= 4 is 46.4 Å². The number of nitro groups is 2. The molecule has 2 aromatic carbocycles. The van der Waals surface area contributed by atoms with Gasteiger partial charge in [0, 0.05) is 36.0 Å². The zero-order chi connectivity index (χ0) is 20.0. The Hall–Kier alpha value is -3.66. The van der Waals surface area contributed by atoms with Gasteiger partial charge in [-0.15, -0.1) is 0 Å². The molecule has 0 saturated heterocycles. The van der Waals surface area contributed by atoms with E-state index in [-0.39, 0.29) is 16.5 Å². The number of carbonyl (C=O) groups is 1. The Morgan fingerprint density at radius 1 is 1.04 bits per heavy atom. The molecular formula is C17H14N4O5S. The van der Waals surface area contributed by atoms with Crippen molar-refractivity contribution in [2.24, 2.45) is 0 Å². The molecular weight excluding hydrogens is 372 g/mol. The Bertz CT molecular complexity index is 941. The van der Waals surface area contributed by atoms with Crippen molar-refractivity contribution < 1.29 is 14.6 Å². The first-order chi connectivity index (χ1) is 12.8. The van der Waals surface area contributed by atoms with E-state index in [2.05, 4.69) is 10.6 Å². The fraction of sp³-hybridized carbons (Fsp3) is 0.0588. The summed E-state index contributed by atoms with van der Waals surface area (Å²) in [6.45, 7) is 1.67. The molecule has 2 aromatic rings. The normalized spacial score (nSPS) is 10.4. The average Bonchev–Trinajstić information content (AvgIpc) is 2.61. The van der Waals surface area contributed by atoms with Crippen LogP contribution >= 0.6 is 12.2 Å². The molecule has 10 heteroatoms. The number of hydrogen-bond acceptors (Lipinski definition) is 6. The zero-order valence-corrected chi connectivity index (χ0v) is 14.9. The lowest BCUT2D eigenvalue weighted by Crippen LogP contribution is -2.33. The largest absolute Gasteiger partial charge is 0.332 e. The molecule has 0 aromatic heterocycles. The summed E-state index contributed by atoms with van der Waals surface area (Å²) >= 11 is 5.05. The summed E-state index contributed by atoms with van der Waals surface area (Å²) in [5, 5.41) is 26.6. The van der Waals surface area contributed by atoms with Gasteiger partial charge >= 0.3 is 0 Å². The van der Waals surface area contributed by atoms with Crippen LogP contribution in [0, 0.1) is 27.2 Å². The molecule has 0 saturated carbocycles. The molecule has 0 radical (unpaired) electrons. The molecule has 0 bridgehead atoms. The van der Waals surface area contributed by atoms with Gasteiger partial charge in [-0.25, -0.2) is 0 Å². The van der Waals surface area contributed by atoms with Gasteiger partial charge in [0.25, 0.3) is 11.4 Å². The fourth-order valence-corrected chi connectivity index (χ4v) is 2.30. The number of benzene rings is 2. The van der Waals surface area contributed by atoms with E-state index in [1.807, 2.05) is 0 Å². The Labute approximate surface area is 159 Å². The standard InChI is InChI=1S/C17H14N4O5S/c1-11-10-14(21(25)26)7-8-15(11)18-17(27)19-16(22)9-4-12-2-5-13(6-3-12)20(23)24/h2-10H,1H3,(H2,18,19,22,27)/b9-4+. The first-order valence-corrected chi connectivity index (χ1v) is 7.96. The number of nitro benzene ring substituents is 2. The lowest BCUT2D eigenvalue weighted by Gasteiger charge is -2.10. The minimum atomic E-state index is -0.509. The van der Waals surface area contributed by atoms with Crippen molar-refractivity contribution in [3.63, 3.8) is 0 Å². The van der Waals surface area contributed by atoms with Gasteiger partial charge in [-0.3, -0.25) is 30.3 Å². The van der Waals surface area contributed by atoms with E-state index < -0.39 is 15.8 Å². The molecule has 27 heavy (non-hydrogen) atoms. The van der Waals surface area contributed by atoms with Crippen molar-refractivity contribution in [2.75, 3.05) is 5.32 Å². The summed E-state index contributed by atoms with van der Waals surface area (Å²) in [6.07, 6.45) is 2.72. The summed E-state index contributed by atoms with van der Waals surface area (Å²) in [5.74, 6) is -0.495. The Morgan fingerprint density at radius 3 is 2.19 bits per heavy atom. The lowest BCUT2D eigenvalue weighted by molar-refractivity contribution is -0.385. The van der Waals surface area contributed by atoms with Gasteiger partial charge in [-0.1, -0.05) is 0 Å². The summed E-state index contributed by atoms with van der Waals surface area (Å²) in [7, 11) is 0. The second kappa shape index (κ2) is 8.63. The van der Waals surface area contributed by atoms with Crippen LogP contribution in [0.5, 0.6) is 0 Å². The van der Waals surface area contributed by atoms with Crippen LogP contribution in [0.4, 0.5) is 17.1 Å². The van der Waals surface area contributed by atoms with Crippen LogP contribution < -0.4 is 10.6 Å². The van der Waals surface area contributed by atoms with Crippen molar-refractivity contribution in [1.82, 2.24) is 5.32 Å². The number of rotatable bonds is 5. The van der Waals surface area contributed by atoms with Gasteiger partial charge in [0.15, 0.2) is 5.11 Å². The third-order valence-electron chi connectivity index (χ3n) is 3.44. The Morgan fingerprint density at radius 2 is 1.63 bits per heavy atom. The Kier molecular flexibility index (Phi) is 6.28. The number of nitrogens with zero attached hydrogens (tertiary/aromatic N) is 2. The number of amides is 1. The Balaban J connectivity index is 1.94. The van der Waals surface area contributed by atoms with Crippen LogP contribution in [-0.2, 0) is 4.79 Å². The number of carbonyl (C=O) groups excluding carboxylic acids is 1. The van der Waals surface area contributed by atoms with Crippen molar-refractivity contribution in [1.29, 1.82) is 0 Å². The molecule has 2 rings (SSSR count). The molecule has 0 spiro atoms. The summed E-state index contributed by atoms with van der Waals surface area (Å²) in [5.41, 5.74) is 1.66. The van der Waals surface area contributed by atoms with Gasteiger partial charge in [-0.2, -0.15) is 0 Å². The summed E-state index contributed by atoms with van der Waals surface area (Å²) in [6, 6.07) is 9.91. The maximum atomic E-state index is 11.9. The zero-order valence-electron chi connectivity index (χ0n) is 14.0. The second-order valence-electron chi connectivity index (χ2n) is 5.38. The fourth-order valence-electron chi connectivity index (χ4n) is 2.09. The quantitative estimate of drug-likeness (QED) is 0.349. The predicted molar refractivity (Wildman–Crippen MR) is 104 cm³/mol. The van der Waals surface area contributed by atoms with Gasteiger partial charge in [0.2, 0.25) is 5.91 Å². The molecule has 0 aliphatic carbocycles. The number of nitrogens with one attached hydrogen (secondary N) is 2. The van der Waals surface area contributed by atoms with E-state index in [1.165, 1.54) is 54.6 Å². The number of anilines is 1. The number of non-ortho nitro benzene ring substituents is 2. The lowest BCUT2D eigenvalue weighted by atomic mass is 10.2. The van der Waals surface area contributed by atoms with E-state index in [0.29, 0.717) is 16.8 Å².